The van der Waals surface area contributed by atoms with E-state index < -0.39 is 8.07 Å². The van der Waals surface area contributed by atoms with Crippen LogP contribution in [0.25, 0.3) is 10.8 Å². The van der Waals surface area contributed by atoms with Crippen LogP contribution >= 0.6 is 0 Å². The molecule has 2 rings (SSSR count). The molecule has 0 radical (unpaired) electrons. The number of nitriles is 1. The molecule has 0 aliphatic rings. The third-order valence-corrected chi connectivity index (χ3v) is 5.30. The Morgan fingerprint density at radius 3 is 2.29 bits per heavy atom. The number of benzene rings is 2. The van der Waals surface area contributed by atoms with Crippen molar-refractivity contribution < 1.29 is 0 Å². The van der Waals surface area contributed by atoms with Crippen molar-refractivity contribution in [3.05, 3.63) is 48.0 Å². The van der Waals surface area contributed by atoms with E-state index in [2.05, 4.69) is 56.0 Å². The summed E-state index contributed by atoms with van der Waals surface area (Å²) >= 11 is 0. The van der Waals surface area contributed by atoms with Gasteiger partial charge in [0.15, 0.2) is 0 Å². The van der Waals surface area contributed by atoms with Crippen LogP contribution in [-0.4, -0.2) is 8.07 Å². The van der Waals surface area contributed by atoms with Gasteiger partial charge >= 0.3 is 0 Å². The van der Waals surface area contributed by atoms with Crippen LogP contribution in [0.4, 0.5) is 0 Å². The molecule has 2 aromatic rings. The van der Waals surface area contributed by atoms with Crippen molar-refractivity contribution in [2.75, 3.05) is 0 Å². The molecule has 0 saturated carbocycles. The molecule has 1 atom stereocenters. The van der Waals surface area contributed by atoms with Gasteiger partial charge in [-0.2, -0.15) is 5.26 Å². The molecule has 2 aromatic carbocycles. The van der Waals surface area contributed by atoms with Crippen LogP contribution in [0.2, 0.25) is 19.6 Å². The van der Waals surface area contributed by atoms with Crippen molar-refractivity contribution in [3.8, 4) is 6.07 Å². The molecule has 0 heterocycles. The van der Waals surface area contributed by atoms with Gasteiger partial charge in [-0.25, -0.2) is 0 Å². The lowest BCUT2D eigenvalue weighted by molar-refractivity contribution is 1.16. The summed E-state index contributed by atoms with van der Waals surface area (Å²) in [5.41, 5.74) is 1.26. The van der Waals surface area contributed by atoms with E-state index in [4.69, 9.17) is 0 Å². The van der Waals surface area contributed by atoms with Crippen LogP contribution < -0.4 is 0 Å². The van der Waals surface area contributed by atoms with Gasteiger partial charge in [-0.1, -0.05) is 62.1 Å². The minimum absolute atomic E-state index is 0.0635. The highest BCUT2D eigenvalue weighted by Crippen LogP contribution is 2.31. The maximum Gasteiger partial charge on any atom is 0.0696 e. The lowest BCUT2D eigenvalue weighted by Crippen LogP contribution is -2.30. The van der Waals surface area contributed by atoms with Gasteiger partial charge in [0.05, 0.1) is 19.7 Å². The molecule has 0 bridgehead atoms. The van der Waals surface area contributed by atoms with Gasteiger partial charge < -0.3 is 0 Å². The van der Waals surface area contributed by atoms with Gasteiger partial charge in [0.2, 0.25) is 0 Å². The zero-order valence-corrected chi connectivity index (χ0v) is 11.6. The fourth-order valence-electron chi connectivity index (χ4n) is 2.23. The minimum atomic E-state index is -1.51. The highest BCUT2D eigenvalue weighted by atomic mass is 28.3. The molecular weight excluding hydrogens is 222 g/mol. The quantitative estimate of drug-likeness (QED) is 0.716. The molecular formula is C15H17NSi. The number of rotatable bonds is 2. The van der Waals surface area contributed by atoms with Gasteiger partial charge in [-0.05, 0) is 16.3 Å². The number of hydrogen-bond donors (Lipinski definition) is 0. The molecule has 0 aliphatic carbocycles. The predicted molar refractivity (Wildman–Crippen MR) is 75.6 cm³/mol. The van der Waals surface area contributed by atoms with E-state index in [9.17, 15) is 5.26 Å². The Hall–Kier alpha value is -1.59. The molecule has 17 heavy (non-hydrogen) atoms. The highest BCUT2D eigenvalue weighted by Gasteiger charge is 2.29. The summed E-state index contributed by atoms with van der Waals surface area (Å²) in [5.74, 6) is 0. The van der Waals surface area contributed by atoms with Gasteiger partial charge in [0, 0.05) is 0 Å². The van der Waals surface area contributed by atoms with Crippen molar-refractivity contribution in [2.45, 2.75) is 25.2 Å². The Morgan fingerprint density at radius 2 is 1.65 bits per heavy atom. The van der Waals surface area contributed by atoms with Gasteiger partial charge in [0.1, 0.15) is 0 Å². The summed E-state index contributed by atoms with van der Waals surface area (Å²) in [6, 6.07) is 17.1. The highest BCUT2D eigenvalue weighted by molar-refractivity contribution is 6.78. The third-order valence-electron chi connectivity index (χ3n) is 3.13. The molecule has 0 amide bonds. The molecule has 0 saturated heterocycles. The fraction of sp³-hybridized carbons (Fsp3) is 0.267. The first kappa shape index (κ1) is 11.9. The van der Waals surface area contributed by atoms with Crippen molar-refractivity contribution in [3.63, 3.8) is 0 Å². The lowest BCUT2D eigenvalue weighted by Gasteiger charge is -2.24. The molecule has 0 spiro atoms. The van der Waals surface area contributed by atoms with Gasteiger partial charge in [-0.15, -0.1) is 0 Å². The van der Waals surface area contributed by atoms with E-state index in [1.807, 2.05) is 12.1 Å². The summed E-state index contributed by atoms with van der Waals surface area (Å²) in [4.78, 5) is 0. The predicted octanol–water partition coefficient (Wildman–Crippen LogP) is 4.32. The monoisotopic (exact) mass is 239 g/mol. The van der Waals surface area contributed by atoms with Gasteiger partial charge in [0.25, 0.3) is 0 Å². The average Bonchev–Trinajstić information content (AvgIpc) is 2.28. The maximum absolute atomic E-state index is 9.46. The van der Waals surface area contributed by atoms with E-state index >= 15 is 0 Å². The second-order valence-corrected chi connectivity index (χ2v) is 10.8. The maximum atomic E-state index is 9.46. The van der Waals surface area contributed by atoms with E-state index in [0.29, 0.717) is 0 Å². The largest absolute Gasteiger partial charge is 0.198 e. The van der Waals surface area contributed by atoms with Crippen molar-refractivity contribution in [1.82, 2.24) is 0 Å². The second kappa shape index (κ2) is 4.35. The zero-order chi connectivity index (χ0) is 12.5. The number of nitrogens with zero attached hydrogens (tertiary/aromatic N) is 1. The first-order valence-corrected chi connectivity index (χ1v) is 9.49. The second-order valence-electron chi connectivity index (χ2n) is 5.50. The van der Waals surface area contributed by atoms with Crippen LogP contribution in [0.15, 0.2) is 42.5 Å². The molecule has 0 aliphatic heterocycles. The Morgan fingerprint density at radius 1 is 1.00 bits per heavy atom. The SMILES string of the molecule is C[Si](C)(C)C(C#N)c1cccc2ccccc12. The summed E-state index contributed by atoms with van der Waals surface area (Å²) < 4.78 is 0. The summed E-state index contributed by atoms with van der Waals surface area (Å²) in [6.45, 7) is 6.76. The zero-order valence-electron chi connectivity index (χ0n) is 10.6. The van der Waals surface area contributed by atoms with Crippen LogP contribution in [0.3, 0.4) is 0 Å². The van der Waals surface area contributed by atoms with E-state index in [1.54, 1.807) is 0 Å². The van der Waals surface area contributed by atoms with Crippen LogP contribution in [0, 0.1) is 11.3 Å². The minimum Gasteiger partial charge on any atom is -0.198 e. The van der Waals surface area contributed by atoms with Crippen LogP contribution in [-0.2, 0) is 0 Å². The molecule has 0 fully saturated rings. The topological polar surface area (TPSA) is 23.8 Å². The Balaban J connectivity index is 2.67. The summed E-state index contributed by atoms with van der Waals surface area (Å²) in [6.07, 6.45) is 0. The van der Waals surface area contributed by atoms with Crippen LogP contribution in [0.1, 0.15) is 11.1 Å². The number of hydrogen-bond acceptors (Lipinski definition) is 1. The van der Waals surface area contributed by atoms with E-state index in [-0.39, 0.29) is 5.54 Å². The van der Waals surface area contributed by atoms with E-state index in [1.165, 1.54) is 16.3 Å². The molecule has 1 nitrogen and oxygen atoms in total. The molecule has 2 heteroatoms. The third kappa shape index (κ3) is 2.25. The Kier molecular flexibility index (Phi) is 3.04. The smallest absolute Gasteiger partial charge is 0.0696 e. The Bertz CT molecular complexity index is 570. The number of fused-ring (bicyclic) bond motifs is 1. The Labute approximate surface area is 104 Å². The first-order valence-electron chi connectivity index (χ1n) is 5.91. The first-order chi connectivity index (χ1) is 8.04. The molecule has 0 aromatic heterocycles. The van der Waals surface area contributed by atoms with Gasteiger partial charge in [-0.3, -0.25) is 0 Å². The van der Waals surface area contributed by atoms with E-state index in [0.717, 1.165) is 0 Å². The standard InChI is InChI=1S/C15H17NSi/c1-17(2,3)15(11-16)14-10-6-8-12-7-4-5-9-13(12)14/h4-10,15H,1-3H3. The van der Waals surface area contributed by atoms with Crippen LogP contribution in [0.5, 0.6) is 0 Å². The van der Waals surface area contributed by atoms with Crippen molar-refractivity contribution in [1.29, 1.82) is 5.26 Å². The average molecular weight is 239 g/mol. The summed E-state index contributed by atoms with van der Waals surface area (Å²) in [5, 5.41) is 11.9. The molecule has 86 valence electrons. The fourth-order valence-corrected chi connectivity index (χ4v) is 3.80. The summed E-state index contributed by atoms with van der Waals surface area (Å²) in [7, 11) is -1.51. The molecule has 0 N–H and O–H groups in total. The lowest BCUT2D eigenvalue weighted by atomic mass is 10.0. The van der Waals surface area contributed by atoms with Crippen molar-refractivity contribution >= 4 is 18.8 Å². The normalized spacial score (nSPS) is 13.3. The molecule has 1 unspecified atom stereocenters. The van der Waals surface area contributed by atoms with Crippen molar-refractivity contribution in [2.24, 2.45) is 0 Å².